The predicted octanol–water partition coefficient (Wildman–Crippen LogP) is 2.69. The van der Waals surface area contributed by atoms with Crippen LogP contribution in [0.4, 0.5) is 0 Å². The molecule has 0 bridgehead atoms. The van der Waals surface area contributed by atoms with E-state index in [0.29, 0.717) is 0 Å². The highest BCUT2D eigenvalue weighted by Gasteiger charge is 2.08. The summed E-state index contributed by atoms with van der Waals surface area (Å²) in [6.45, 7) is 4.93. The van der Waals surface area contributed by atoms with Gasteiger partial charge in [0.1, 0.15) is 11.9 Å². The van der Waals surface area contributed by atoms with E-state index in [4.69, 9.17) is 15.9 Å². The zero-order valence-electron chi connectivity index (χ0n) is 9.51. The third-order valence-electron chi connectivity index (χ3n) is 2.28. The van der Waals surface area contributed by atoms with Crippen LogP contribution in [0, 0.1) is 5.41 Å². The van der Waals surface area contributed by atoms with E-state index in [1.165, 1.54) is 25.7 Å². The van der Waals surface area contributed by atoms with Crippen molar-refractivity contribution >= 4 is 5.84 Å². The Balaban J connectivity index is 3.29. The highest BCUT2D eigenvalue weighted by atomic mass is 16.5. The van der Waals surface area contributed by atoms with E-state index in [1.54, 1.807) is 0 Å². The molecule has 0 aromatic heterocycles. The molecule has 0 aromatic rings. The Morgan fingerprint density at radius 3 is 2.36 bits per heavy atom. The Bertz CT molecular complexity index is 148. The van der Waals surface area contributed by atoms with E-state index in [0.717, 1.165) is 19.4 Å². The van der Waals surface area contributed by atoms with Crippen LogP contribution in [0.2, 0.25) is 0 Å². The minimum Gasteiger partial charge on any atom is -0.385 e. The molecule has 0 saturated heterocycles. The molecule has 0 aliphatic heterocycles. The maximum atomic E-state index is 7.25. The maximum absolute atomic E-state index is 7.25. The molecule has 0 aliphatic carbocycles. The van der Waals surface area contributed by atoms with E-state index < -0.39 is 0 Å². The number of hydrogen-bond acceptors (Lipinski definition) is 2. The van der Waals surface area contributed by atoms with Crippen molar-refractivity contribution in [3.05, 3.63) is 0 Å². The van der Waals surface area contributed by atoms with Crippen LogP contribution in [-0.2, 0) is 4.74 Å². The van der Waals surface area contributed by atoms with Gasteiger partial charge in [0.25, 0.3) is 0 Å². The molecule has 3 nitrogen and oxygen atoms in total. The fourth-order valence-corrected chi connectivity index (χ4v) is 1.36. The van der Waals surface area contributed by atoms with Crippen LogP contribution in [0.1, 0.15) is 52.4 Å². The van der Waals surface area contributed by atoms with Crippen LogP contribution in [0.5, 0.6) is 0 Å². The smallest absolute Gasteiger partial charge is 0.120 e. The largest absolute Gasteiger partial charge is 0.385 e. The summed E-state index contributed by atoms with van der Waals surface area (Å²) in [5, 5.41) is 7.25. The number of ether oxygens (including phenoxy) is 1. The van der Waals surface area contributed by atoms with Crippen LogP contribution in [0.25, 0.3) is 0 Å². The lowest BCUT2D eigenvalue weighted by molar-refractivity contribution is 0.0905. The van der Waals surface area contributed by atoms with Crippen molar-refractivity contribution in [2.75, 3.05) is 6.61 Å². The second-order valence-corrected chi connectivity index (χ2v) is 3.64. The Hall–Kier alpha value is -0.570. The normalized spacial score (nSPS) is 12.7. The standard InChI is InChI=1S/C11H24N2O/c1-3-5-6-7-8-9-14-10(4-2)11(12)13/h10H,3-9H2,1-2H3,(H3,12,13). The van der Waals surface area contributed by atoms with Gasteiger partial charge in [0.2, 0.25) is 0 Å². The van der Waals surface area contributed by atoms with Crippen LogP contribution >= 0.6 is 0 Å². The van der Waals surface area contributed by atoms with Gasteiger partial charge in [-0.3, -0.25) is 5.41 Å². The number of rotatable bonds is 9. The Morgan fingerprint density at radius 2 is 1.86 bits per heavy atom. The zero-order valence-corrected chi connectivity index (χ0v) is 9.51. The van der Waals surface area contributed by atoms with E-state index in [-0.39, 0.29) is 11.9 Å². The Morgan fingerprint density at radius 1 is 1.21 bits per heavy atom. The SMILES string of the molecule is CCCCCCCOC(CC)C(=N)N. The van der Waals surface area contributed by atoms with Crippen LogP contribution < -0.4 is 5.73 Å². The zero-order chi connectivity index (χ0) is 10.8. The summed E-state index contributed by atoms with van der Waals surface area (Å²) in [6, 6.07) is 0. The molecule has 1 unspecified atom stereocenters. The summed E-state index contributed by atoms with van der Waals surface area (Å²) in [4.78, 5) is 0. The molecule has 1 atom stereocenters. The van der Waals surface area contributed by atoms with Crippen molar-refractivity contribution in [2.45, 2.75) is 58.5 Å². The number of amidine groups is 1. The lowest BCUT2D eigenvalue weighted by atomic mass is 10.2. The summed E-state index contributed by atoms with van der Waals surface area (Å²) in [5.41, 5.74) is 5.37. The Labute approximate surface area is 87.5 Å². The molecule has 3 heteroatoms. The lowest BCUT2D eigenvalue weighted by Crippen LogP contribution is -2.30. The molecule has 14 heavy (non-hydrogen) atoms. The number of nitrogens with two attached hydrogens (primary N) is 1. The van der Waals surface area contributed by atoms with Gasteiger partial charge in [-0.1, -0.05) is 39.5 Å². The molecule has 0 saturated carbocycles. The lowest BCUT2D eigenvalue weighted by Gasteiger charge is -2.13. The number of unbranched alkanes of at least 4 members (excludes halogenated alkanes) is 4. The molecule has 3 N–H and O–H groups in total. The minimum atomic E-state index is -0.166. The minimum absolute atomic E-state index is 0.154. The van der Waals surface area contributed by atoms with E-state index in [9.17, 15) is 0 Å². The maximum Gasteiger partial charge on any atom is 0.120 e. The number of hydrogen-bond donors (Lipinski definition) is 2. The van der Waals surface area contributed by atoms with Gasteiger partial charge in [-0.15, -0.1) is 0 Å². The fraction of sp³-hybridized carbons (Fsp3) is 0.909. The second-order valence-electron chi connectivity index (χ2n) is 3.64. The number of nitrogens with one attached hydrogen (secondary N) is 1. The molecule has 0 spiro atoms. The van der Waals surface area contributed by atoms with Crippen molar-refractivity contribution < 1.29 is 4.74 Å². The van der Waals surface area contributed by atoms with Gasteiger partial charge in [0.05, 0.1) is 0 Å². The van der Waals surface area contributed by atoms with Gasteiger partial charge in [0.15, 0.2) is 0 Å². The molecular formula is C11H24N2O. The predicted molar refractivity (Wildman–Crippen MR) is 60.7 cm³/mol. The first-order valence-electron chi connectivity index (χ1n) is 5.67. The van der Waals surface area contributed by atoms with Gasteiger partial charge in [0, 0.05) is 6.61 Å². The molecule has 0 amide bonds. The summed E-state index contributed by atoms with van der Waals surface area (Å²) in [5.74, 6) is 0.154. The second kappa shape index (κ2) is 9.00. The van der Waals surface area contributed by atoms with E-state index in [1.807, 2.05) is 6.92 Å². The van der Waals surface area contributed by atoms with Crippen molar-refractivity contribution in [1.29, 1.82) is 5.41 Å². The third kappa shape index (κ3) is 6.89. The van der Waals surface area contributed by atoms with Crippen molar-refractivity contribution in [2.24, 2.45) is 5.73 Å². The van der Waals surface area contributed by atoms with E-state index >= 15 is 0 Å². The summed E-state index contributed by atoms with van der Waals surface area (Å²) in [6.07, 6.45) is 6.81. The molecule has 0 heterocycles. The highest BCUT2D eigenvalue weighted by Crippen LogP contribution is 2.04. The summed E-state index contributed by atoms with van der Waals surface area (Å²) >= 11 is 0. The van der Waals surface area contributed by atoms with E-state index in [2.05, 4.69) is 6.92 Å². The molecule has 0 rings (SSSR count). The highest BCUT2D eigenvalue weighted by molar-refractivity contribution is 5.81. The van der Waals surface area contributed by atoms with Gasteiger partial charge in [-0.05, 0) is 12.8 Å². The monoisotopic (exact) mass is 200 g/mol. The average molecular weight is 200 g/mol. The summed E-state index contributed by atoms with van der Waals surface area (Å²) in [7, 11) is 0. The third-order valence-corrected chi connectivity index (χ3v) is 2.28. The van der Waals surface area contributed by atoms with Gasteiger partial charge in [-0.2, -0.15) is 0 Å². The van der Waals surface area contributed by atoms with Crippen LogP contribution in [0.15, 0.2) is 0 Å². The molecule has 84 valence electrons. The van der Waals surface area contributed by atoms with Crippen LogP contribution in [0.3, 0.4) is 0 Å². The van der Waals surface area contributed by atoms with Crippen molar-refractivity contribution in [1.82, 2.24) is 0 Å². The van der Waals surface area contributed by atoms with Crippen molar-refractivity contribution in [3.8, 4) is 0 Å². The van der Waals surface area contributed by atoms with Crippen molar-refractivity contribution in [3.63, 3.8) is 0 Å². The average Bonchev–Trinajstić information content (AvgIpc) is 2.16. The van der Waals surface area contributed by atoms with Gasteiger partial charge < -0.3 is 10.5 Å². The van der Waals surface area contributed by atoms with Gasteiger partial charge in [-0.25, -0.2) is 0 Å². The first kappa shape index (κ1) is 13.4. The first-order chi connectivity index (χ1) is 6.72. The Kier molecular flexibility index (Phi) is 8.64. The first-order valence-corrected chi connectivity index (χ1v) is 5.67. The molecule has 0 aliphatic rings. The summed E-state index contributed by atoms with van der Waals surface area (Å²) < 4.78 is 5.48. The molecule has 0 aromatic carbocycles. The molecule has 0 radical (unpaired) electrons. The molecule has 0 fully saturated rings. The topological polar surface area (TPSA) is 59.1 Å². The molecular weight excluding hydrogens is 176 g/mol. The fourth-order valence-electron chi connectivity index (χ4n) is 1.36. The van der Waals surface area contributed by atoms with Crippen LogP contribution in [-0.4, -0.2) is 18.5 Å². The quantitative estimate of drug-likeness (QED) is 0.341. The van der Waals surface area contributed by atoms with Gasteiger partial charge >= 0.3 is 0 Å².